The Hall–Kier alpha value is -2.77. The highest BCUT2D eigenvalue weighted by molar-refractivity contribution is 7.90. The van der Waals surface area contributed by atoms with Crippen molar-refractivity contribution in [3.63, 3.8) is 0 Å². The molecule has 4 rings (SSSR count). The third-order valence-corrected chi connectivity index (χ3v) is 4.56. The third-order valence-electron chi connectivity index (χ3n) is 3.67. The first kappa shape index (κ1) is 9.25. The van der Waals surface area contributed by atoms with Crippen LogP contribution in [0.3, 0.4) is 0 Å². The van der Waals surface area contributed by atoms with Gasteiger partial charge < -0.3 is 13.9 Å². The van der Waals surface area contributed by atoms with Gasteiger partial charge in [0.15, 0.2) is 7.12 Å². The van der Waals surface area contributed by atoms with Crippen molar-refractivity contribution in [2.45, 2.75) is 17.7 Å². The standard InChI is InChI=1S/C19H18N4O2S/c1-13-17(20-8-7-18(13)25-2)12-26(24)19-21-15-6-5-14(11-16(15)22-19)23-9-3-4-10-23/h3-11H,12H2,1-2H3,(H,21,22)/i1D3,2D3,12D2/hD. The Kier molecular flexibility index (Phi) is 2.44. The lowest BCUT2D eigenvalue weighted by Gasteiger charge is -2.10. The topological polar surface area (TPSA) is 78.8 Å². The zero-order valence-electron chi connectivity index (χ0n) is 22.2. The molecule has 0 aliphatic rings. The van der Waals surface area contributed by atoms with Crippen molar-refractivity contribution in [3.8, 4) is 11.4 Å². The number of imidazole rings is 1. The van der Waals surface area contributed by atoms with Crippen LogP contribution < -0.4 is 4.74 Å². The van der Waals surface area contributed by atoms with Crippen LogP contribution in [0.2, 0.25) is 1.41 Å². The SMILES string of the molecule is [2H]n1c([S+]([O-])C([2H])([2H])c2nccc(OC([2H])([2H])[2H])c2C([2H])([2H])[2H])nc2cc(-n3cccc3)ccc21. The van der Waals surface area contributed by atoms with Gasteiger partial charge in [0.05, 0.1) is 30.6 Å². The maximum absolute atomic E-state index is 13.4. The average molecular weight is 376 g/mol. The number of benzene rings is 1. The molecule has 3 aromatic heterocycles. The smallest absolute Gasteiger partial charge is 0.322 e. The van der Waals surface area contributed by atoms with E-state index in [9.17, 15) is 4.55 Å². The number of hydrogen-bond donors (Lipinski definition) is 1. The molecule has 0 saturated heterocycles. The van der Waals surface area contributed by atoms with E-state index >= 15 is 0 Å². The first-order valence-electron chi connectivity index (χ1n) is 11.9. The summed E-state index contributed by atoms with van der Waals surface area (Å²) in [6, 6.07) is 9.54. The van der Waals surface area contributed by atoms with Gasteiger partial charge in [-0.3, -0.25) is 9.96 Å². The van der Waals surface area contributed by atoms with Crippen molar-refractivity contribution in [1.29, 1.82) is 0 Å². The molecule has 132 valence electrons. The van der Waals surface area contributed by atoms with Gasteiger partial charge in [-0.05, 0) is 43.3 Å². The number of methoxy groups -OCH3 is 1. The molecule has 0 fully saturated rings. The molecule has 1 atom stereocenters. The second kappa shape index (κ2) is 6.86. The summed E-state index contributed by atoms with van der Waals surface area (Å²) in [5.41, 5.74) is -3.35. The zero-order valence-corrected chi connectivity index (χ0v) is 14.0. The van der Waals surface area contributed by atoms with Crippen LogP contribution in [-0.4, -0.2) is 31.1 Å². The minimum Gasteiger partial charge on any atom is -0.609 e. The lowest BCUT2D eigenvalue weighted by atomic mass is 10.2. The summed E-state index contributed by atoms with van der Waals surface area (Å²) in [5.74, 6) is -0.633. The lowest BCUT2D eigenvalue weighted by Crippen LogP contribution is -2.10. The molecule has 26 heavy (non-hydrogen) atoms. The third kappa shape index (κ3) is 3.07. The van der Waals surface area contributed by atoms with Gasteiger partial charge in [0.1, 0.15) is 5.75 Å². The highest BCUT2D eigenvalue weighted by Gasteiger charge is 2.20. The van der Waals surface area contributed by atoms with E-state index in [-0.39, 0.29) is 11.0 Å². The summed E-state index contributed by atoms with van der Waals surface area (Å²) in [4.78, 5) is 8.68. The fraction of sp³-hybridized carbons (Fsp3) is 0.158. The van der Waals surface area contributed by atoms with Gasteiger partial charge in [-0.15, -0.1) is 0 Å². The number of hydrogen-bond acceptors (Lipinski definition) is 4. The second-order valence-electron chi connectivity index (χ2n) is 5.28. The first-order valence-corrected chi connectivity index (χ1v) is 8.61. The van der Waals surface area contributed by atoms with Gasteiger partial charge in [0.2, 0.25) is 0 Å². The van der Waals surface area contributed by atoms with Crippen molar-refractivity contribution in [3.05, 3.63) is 66.2 Å². The largest absolute Gasteiger partial charge is 0.609 e. The predicted molar refractivity (Wildman–Crippen MR) is 101 cm³/mol. The summed E-state index contributed by atoms with van der Waals surface area (Å²) in [6.45, 7) is -3.05. The van der Waals surface area contributed by atoms with Crippen LogP contribution in [0, 0.1) is 6.85 Å². The van der Waals surface area contributed by atoms with Gasteiger partial charge >= 0.3 is 5.16 Å². The molecule has 1 N–H and O–H groups in total. The Morgan fingerprint density at radius 1 is 1.38 bits per heavy atom. The summed E-state index contributed by atoms with van der Waals surface area (Å²) in [5, 5.41) is -0.477. The van der Waals surface area contributed by atoms with E-state index in [4.69, 9.17) is 17.1 Å². The van der Waals surface area contributed by atoms with Crippen LogP contribution in [0.25, 0.3) is 16.7 Å². The number of H-pyrrole nitrogens is 1. The van der Waals surface area contributed by atoms with E-state index < -0.39 is 52.9 Å². The van der Waals surface area contributed by atoms with Gasteiger partial charge in [0, 0.05) is 45.1 Å². The molecule has 0 aliphatic carbocycles. The van der Waals surface area contributed by atoms with Gasteiger partial charge in [-0.2, -0.15) is 4.98 Å². The monoisotopic (exact) mass is 375 g/mol. The van der Waals surface area contributed by atoms with Crippen molar-refractivity contribution in [2.75, 3.05) is 7.04 Å². The molecule has 0 spiro atoms. The Morgan fingerprint density at radius 2 is 2.27 bits per heavy atom. The number of aromatic amines is 1. The van der Waals surface area contributed by atoms with E-state index in [1.165, 1.54) is 0 Å². The van der Waals surface area contributed by atoms with Crippen molar-refractivity contribution in [2.24, 2.45) is 0 Å². The maximum Gasteiger partial charge on any atom is 0.322 e. The van der Waals surface area contributed by atoms with Crippen LogP contribution in [0.15, 0.2) is 60.1 Å². The Balaban J connectivity index is 1.82. The second-order valence-corrected chi connectivity index (χ2v) is 6.38. The van der Waals surface area contributed by atoms with Gasteiger partial charge in [-0.25, -0.2) is 0 Å². The number of fused-ring (bicyclic) bond motifs is 1. The summed E-state index contributed by atoms with van der Waals surface area (Å²) >= 11 is -2.73. The number of nitrogens with one attached hydrogen (secondary N) is 1. The van der Waals surface area contributed by atoms with Crippen molar-refractivity contribution < 1.29 is 21.7 Å². The van der Waals surface area contributed by atoms with Crippen LogP contribution in [0.4, 0.5) is 0 Å². The van der Waals surface area contributed by atoms with E-state index in [0.29, 0.717) is 10.7 Å². The van der Waals surface area contributed by atoms with Crippen LogP contribution >= 0.6 is 0 Å². The summed E-state index contributed by atoms with van der Waals surface area (Å²) in [6.07, 6.45) is 4.56. The fourth-order valence-electron chi connectivity index (χ4n) is 2.42. The zero-order chi connectivity index (χ0) is 25.8. The van der Waals surface area contributed by atoms with Crippen LogP contribution in [0.5, 0.6) is 5.75 Å². The predicted octanol–water partition coefficient (Wildman–Crippen LogP) is 3.37. The van der Waals surface area contributed by atoms with Crippen molar-refractivity contribution in [1.82, 2.24) is 19.5 Å². The van der Waals surface area contributed by atoms with E-state index in [1.54, 1.807) is 35.2 Å². The summed E-state index contributed by atoms with van der Waals surface area (Å²) < 4.78 is 90.6. The molecule has 0 radical (unpaired) electrons. The van der Waals surface area contributed by atoms with Gasteiger partial charge in [-0.1, -0.05) is 0 Å². The molecule has 6 nitrogen and oxygen atoms in total. The molecule has 4 aromatic rings. The molecule has 0 bridgehead atoms. The normalized spacial score (nSPS) is 19.0. The van der Waals surface area contributed by atoms with Crippen molar-refractivity contribution >= 4 is 22.2 Å². The molecule has 1 aromatic carbocycles. The van der Waals surface area contributed by atoms with Gasteiger partial charge in [0.25, 0.3) is 0 Å². The number of ether oxygens (including phenoxy) is 1. The molecule has 0 saturated carbocycles. The van der Waals surface area contributed by atoms with Crippen LogP contribution in [-0.2, 0) is 16.9 Å². The molecular formula is C19H18N4O2S. The lowest BCUT2D eigenvalue weighted by molar-refractivity contribution is 0.410. The Bertz CT molecular complexity index is 1370. The molecule has 7 heteroatoms. The van der Waals surface area contributed by atoms with Crippen LogP contribution in [0.1, 0.15) is 22.2 Å². The average Bonchev–Trinajstić information content (AvgIpc) is 3.39. The molecule has 3 heterocycles. The molecule has 1 unspecified atom stereocenters. The minimum absolute atomic E-state index is 0.253. The minimum atomic E-state index is -3.05. The first-order chi connectivity index (χ1) is 16.2. The summed E-state index contributed by atoms with van der Waals surface area (Å²) in [7, 11) is -3.02. The Morgan fingerprint density at radius 3 is 3.08 bits per heavy atom. The fourth-order valence-corrected chi connectivity index (χ4v) is 3.20. The quantitative estimate of drug-likeness (QED) is 0.543. The Labute approximate surface area is 166 Å². The van der Waals surface area contributed by atoms with E-state index in [1.807, 2.05) is 12.1 Å². The number of pyridine rings is 1. The number of rotatable bonds is 5. The molecule has 0 aliphatic heterocycles. The highest BCUT2D eigenvalue weighted by atomic mass is 32.2. The number of nitrogens with zero attached hydrogens (tertiary/aromatic N) is 3. The highest BCUT2D eigenvalue weighted by Crippen LogP contribution is 2.24. The molecule has 0 amide bonds. The van der Waals surface area contributed by atoms with E-state index in [2.05, 4.69) is 9.97 Å². The molecular weight excluding hydrogens is 348 g/mol. The maximum atomic E-state index is 13.4. The number of aromatic nitrogens is 4. The van der Waals surface area contributed by atoms with E-state index in [0.717, 1.165) is 12.3 Å².